The molecule has 0 fully saturated rings. The number of thiazole rings is 1. The van der Waals surface area contributed by atoms with E-state index in [2.05, 4.69) is 4.98 Å². The number of hydrogen-bond donors (Lipinski definition) is 0. The van der Waals surface area contributed by atoms with Crippen molar-refractivity contribution in [1.29, 1.82) is 0 Å². The quantitative estimate of drug-likeness (QED) is 0.772. The van der Waals surface area contributed by atoms with Crippen molar-refractivity contribution in [2.24, 2.45) is 0 Å². The topological polar surface area (TPSA) is 39.2 Å². The fourth-order valence-electron chi connectivity index (χ4n) is 1.54. The first-order valence-electron chi connectivity index (χ1n) is 5.69. The maximum absolute atomic E-state index is 12.1. The van der Waals surface area contributed by atoms with Crippen LogP contribution in [-0.2, 0) is 4.74 Å². The molecule has 0 aliphatic carbocycles. The molecule has 0 saturated carbocycles. The molecule has 0 saturated heterocycles. The van der Waals surface area contributed by atoms with Gasteiger partial charge in [0.15, 0.2) is 0 Å². The summed E-state index contributed by atoms with van der Waals surface area (Å²) in [5.41, 5.74) is 0.886. The first-order valence-corrected chi connectivity index (χ1v) is 6.57. The van der Waals surface area contributed by atoms with Crippen LogP contribution in [0.15, 0.2) is 35.8 Å². The Bertz CT molecular complexity index is 541. The van der Waals surface area contributed by atoms with Gasteiger partial charge in [0, 0.05) is 17.1 Å². The summed E-state index contributed by atoms with van der Waals surface area (Å²) in [4.78, 5) is 16.4. The van der Waals surface area contributed by atoms with Crippen molar-refractivity contribution < 1.29 is 9.53 Å². The monoisotopic (exact) mass is 261 g/mol. The SMILES string of the molecule is CC(C)(C)OC(=O)c1ccccc1-c1nccs1. The van der Waals surface area contributed by atoms with Gasteiger partial charge < -0.3 is 4.74 Å². The summed E-state index contributed by atoms with van der Waals surface area (Å²) in [5.74, 6) is -0.312. The van der Waals surface area contributed by atoms with E-state index in [1.807, 2.05) is 44.4 Å². The van der Waals surface area contributed by atoms with Crippen LogP contribution in [0.25, 0.3) is 10.6 Å². The molecule has 0 spiro atoms. The highest BCUT2D eigenvalue weighted by molar-refractivity contribution is 7.13. The molecular weight excluding hydrogens is 246 g/mol. The summed E-state index contributed by atoms with van der Waals surface area (Å²) < 4.78 is 5.40. The fraction of sp³-hybridized carbons (Fsp3) is 0.286. The van der Waals surface area contributed by atoms with Gasteiger partial charge in [0.25, 0.3) is 0 Å². The molecule has 0 aliphatic rings. The molecule has 2 aromatic rings. The third-order valence-electron chi connectivity index (χ3n) is 2.21. The molecule has 0 atom stereocenters. The van der Waals surface area contributed by atoms with E-state index in [1.165, 1.54) is 11.3 Å². The Morgan fingerprint density at radius 1 is 1.28 bits per heavy atom. The number of ether oxygens (including phenoxy) is 1. The molecule has 1 heterocycles. The summed E-state index contributed by atoms with van der Waals surface area (Å²) in [6.45, 7) is 5.57. The summed E-state index contributed by atoms with van der Waals surface area (Å²) >= 11 is 1.51. The highest BCUT2D eigenvalue weighted by Gasteiger charge is 2.21. The molecule has 94 valence electrons. The molecule has 0 radical (unpaired) electrons. The number of nitrogens with zero attached hydrogens (tertiary/aromatic N) is 1. The number of rotatable bonds is 2. The predicted octanol–water partition coefficient (Wildman–Crippen LogP) is 3.77. The van der Waals surface area contributed by atoms with Crippen LogP contribution in [0.1, 0.15) is 31.1 Å². The molecule has 1 aromatic carbocycles. The Hall–Kier alpha value is -1.68. The van der Waals surface area contributed by atoms with Crippen molar-refractivity contribution in [2.45, 2.75) is 26.4 Å². The van der Waals surface area contributed by atoms with Gasteiger partial charge in [-0.15, -0.1) is 11.3 Å². The molecule has 3 nitrogen and oxygen atoms in total. The van der Waals surface area contributed by atoms with Gasteiger partial charge in [-0.3, -0.25) is 0 Å². The van der Waals surface area contributed by atoms with E-state index in [1.54, 1.807) is 12.3 Å². The lowest BCUT2D eigenvalue weighted by Gasteiger charge is -2.20. The van der Waals surface area contributed by atoms with Crippen molar-refractivity contribution in [3.05, 3.63) is 41.4 Å². The average Bonchev–Trinajstić information content (AvgIpc) is 2.80. The van der Waals surface area contributed by atoms with Gasteiger partial charge >= 0.3 is 5.97 Å². The van der Waals surface area contributed by atoms with E-state index >= 15 is 0 Å². The van der Waals surface area contributed by atoms with Crippen LogP contribution >= 0.6 is 11.3 Å². The number of esters is 1. The molecule has 1 aromatic heterocycles. The zero-order valence-corrected chi connectivity index (χ0v) is 11.5. The van der Waals surface area contributed by atoms with E-state index in [0.29, 0.717) is 5.56 Å². The highest BCUT2D eigenvalue weighted by Crippen LogP contribution is 2.27. The second kappa shape index (κ2) is 4.90. The Kier molecular flexibility index (Phi) is 3.48. The van der Waals surface area contributed by atoms with Gasteiger partial charge in [0.1, 0.15) is 10.6 Å². The lowest BCUT2D eigenvalue weighted by molar-refractivity contribution is 0.00705. The Balaban J connectivity index is 2.37. The van der Waals surface area contributed by atoms with E-state index in [4.69, 9.17) is 4.74 Å². The zero-order valence-electron chi connectivity index (χ0n) is 10.6. The first-order chi connectivity index (χ1) is 8.47. The molecule has 2 rings (SSSR count). The van der Waals surface area contributed by atoms with Crippen LogP contribution < -0.4 is 0 Å². The molecule has 0 amide bonds. The predicted molar refractivity (Wildman–Crippen MR) is 72.7 cm³/mol. The van der Waals surface area contributed by atoms with Crippen LogP contribution in [0.4, 0.5) is 0 Å². The maximum Gasteiger partial charge on any atom is 0.339 e. The smallest absolute Gasteiger partial charge is 0.339 e. The molecule has 0 N–H and O–H groups in total. The van der Waals surface area contributed by atoms with Gasteiger partial charge in [-0.2, -0.15) is 0 Å². The number of aromatic nitrogens is 1. The van der Waals surface area contributed by atoms with Crippen LogP contribution in [0.3, 0.4) is 0 Å². The van der Waals surface area contributed by atoms with Gasteiger partial charge in [0.2, 0.25) is 0 Å². The molecule has 0 unspecified atom stereocenters. The molecular formula is C14H15NO2S. The van der Waals surface area contributed by atoms with Crippen LogP contribution in [0.2, 0.25) is 0 Å². The van der Waals surface area contributed by atoms with Crippen LogP contribution in [-0.4, -0.2) is 16.6 Å². The lowest BCUT2D eigenvalue weighted by atomic mass is 10.1. The minimum absolute atomic E-state index is 0.312. The minimum atomic E-state index is -0.493. The van der Waals surface area contributed by atoms with E-state index in [0.717, 1.165) is 10.6 Å². The number of benzene rings is 1. The van der Waals surface area contributed by atoms with Gasteiger partial charge in [0.05, 0.1) is 5.56 Å². The summed E-state index contributed by atoms with van der Waals surface area (Å²) in [6.07, 6.45) is 1.73. The lowest BCUT2D eigenvalue weighted by Crippen LogP contribution is -2.24. The van der Waals surface area contributed by atoms with Gasteiger partial charge in [-0.05, 0) is 26.8 Å². The summed E-state index contributed by atoms with van der Waals surface area (Å²) in [6, 6.07) is 7.38. The maximum atomic E-state index is 12.1. The Morgan fingerprint density at radius 2 is 2.00 bits per heavy atom. The second-order valence-corrected chi connectivity index (χ2v) is 5.78. The number of carbonyl (C=O) groups excluding carboxylic acids is 1. The van der Waals surface area contributed by atoms with E-state index in [9.17, 15) is 4.79 Å². The normalized spacial score (nSPS) is 11.3. The first kappa shape index (κ1) is 12.8. The summed E-state index contributed by atoms with van der Waals surface area (Å²) in [7, 11) is 0. The van der Waals surface area contributed by atoms with Crippen molar-refractivity contribution in [3.63, 3.8) is 0 Å². The third-order valence-corrected chi connectivity index (χ3v) is 3.01. The molecule has 4 heteroatoms. The second-order valence-electron chi connectivity index (χ2n) is 4.88. The molecule has 0 bridgehead atoms. The molecule has 0 aliphatic heterocycles. The van der Waals surface area contributed by atoms with E-state index < -0.39 is 5.60 Å². The van der Waals surface area contributed by atoms with Crippen LogP contribution in [0.5, 0.6) is 0 Å². The number of carbonyl (C=O) groups is 1. The summed E-state index contributed by atoms with van der Waals surface area (Å²) in [5, 5.41) is 2.72. The number of hydrogen-bond acceptors (Lipinski definition) is 4. The Morgan fingerprint density at radius 3 is 2.61 bits per heavy atom. The standard InChI is InChI=1S/C14H15NO2S/c1-14(2,3)17-13(16)11-7-5-4-6-10(11)12-15-8-9-18-12/h4-9H,1-3H3. The largest absolute Gasteiger partial charge is 0.456 e. The van der Waals surface area contributed by atoms with Crippen molar-refractivity contribution in [1.82, 2.24) is 4.98 Å². The Labute approximate surface area is 110 Å². The minimum Gasteiger partial charge on any atom is -0.456 e. The third kappa shape index (κ3) is 2.96. The van der Waals surface area contributed by atoms with Crippen LogP contribution in [0, 0.1) is 0 Å². The van der Waals surface area contributed by atoms with Crippen molar-refractivity contribution >= 4 is 17.3 Å². The highest BCUT2D eigenvalue weighted by atomic mass is 32.1. The fourth-order valence-corrected chi connectivity index (χ4v) is 2.21. The zero-order chi connectivity index (χ0) is 13.2. The molecule has 18 heavy (non-hydrogen) atoms. The van der Waals surface area contributed by atoms with E-state index in [-0.39, 0.29) is 5.97 Å². The van der Waals surface area contributed by atoms with Gasteiger partial charge in [-0.1, -0.05) is 18.2 Å². The van der Waals surface area contributed by atoms with Crippen molar-refractivity contribution in [3.8, 4) is 10.6 Å². The van der Waals surface area contributed by atoms with Gasteiger partial charge in [-0.25, -0.2) is 9.78 Å². The average molecular weight is 261 g/mol. The van der Waals surface area contributed by atoms with Crippen molar-refractivity contribution in [2.75, 3.05) is 0 Å².